The second-order valence-corrected chi connectivity index (χ2v) is 4.39. The Morgan fingerprint density at radius 1 is 1.59 bits per heavy atom. The van der Waals surface area contributed by atoms with E-state index in [-0.39, 0.29) is 6.04 Å². The average molecular weight is 240 g/mol. The zero-order chi connectivity index (χ0) is 12.8. The molecule has 0 fully saturated rings. The van der Waals surface area contributed by atoms with Crippen molar-refractivity contribution in [2.24, 2.45) is 12.8 Å². The summed E-state index contributed by atoms with van der Waals surface area (Å²) in [6.07, 6.45) is 2.93. The van der Waals surface area contributed by atoms with Gasteiger partial charge in [-0.3, -0.25) is 9.58 Å². The standard InChI is InChI=1S/C12H24N4O/c1-10-11(9-14-16(10)3)12(8-13)15(2)6-5-7-17-4/h9,12H,5-8,13H2,1-4H3. The SMILES string of the molecule is COCCCN(C)C(CN)c1cnn(C)c1C. The van der Waals surface area contributed by atoms with Gasteiger partial charge in [0.2, 0.25) is 0 Å². The summed E-state index contributed by atoms with van der Waals surface area (Å²) in [5.41, 5.74) is 8.28. The number of nitrogens with two attached hydrogens (primary N) is 1. The summed E-state index contributed by atoms with van der Waals surface area (Å²) in [5.74, 6) is 0. The van der Waals surface area contributed by atoms with Crippen molar-refractivity contribution in [2.45, 2.75) is 19.4 Å². The van der Waals surface area contributed by atoms with Crippen molar-refractivity contribution in [1.82, 2.24) is 14.7 Å². The first-order chi connectivity index (χ1) is 8.11. The lowest BCUT2D eigenvalue weighted by Crippen LogP contribution is -2.32. The van der Waals surface area contributed by atoms with Crippen LogP contribution >= 0.6 is 0 Å². The average Bonchev–Trinajstić information content (AvgIpc) is 2.63. The van der Waals surface area contributed by atoms with Crippen molar-refractivity contribution in [3.63, 3.8) is 0 Å². The Morgan fingerprint density at radius 2 is 2.29 bits per heavy atom. The molecule has 0 saturated heterocycles. The van der Waals surface area contributed by atoms with Crippen molar-refractivity contribution >= 4 is 0 Å². The highest BCUT2D eigenvalue weighted by atomic mass is 16.5. The highest BCUT2D eigenvalue weighted by Crippen LogP contribution is 2.21. The van der Waals surface area contributed by atoms with Crippen molar-refractivity contribution in [1.29, 1.82) is 0 Å². The number of likely N-dealkylation sites (N-methyl/N-ethyl adjacent to an activating group) is 1. The topological polar surface area (TPSA) is 56.3 Å². The maximum absolute atomic E-state index is 5.88. The van der Waals surface area contributed by atoms with E-state index in [1.807, 2.05) is 17.9 Å². The molecular formula is C12H24N4O. The minimum absolute atomic E-state index is 0.237. The van der Waals surface area contributed by atoms with Crippen molar-refractivity contribution in [2.75, 3.05) is 33.9 Å². The van der Waals surface area contributed by atoms with Crippen LogP contribution < -0.4 is 5.73 Å². The van der Waals surface area contributed by atoms with E-state index in [0.717, 1.165) is 19.6 Å². The molecule has 0 spiro atoms. The molecule has 0 bridgehead atoms. The highest BCUT2D eigenvalue weighted by molar-refractivity contribution is 5.20. The third-order valence-corrected chi connectivity index (χ3v) is 3.25. The second kappa shape index (κ2) is 6.74. The fourth-order valence-electron chi connectivity index (χ4n) is 2.00. The van der Waals surface area contributed by atoms with E-state index in [9.17, 15) is 0 Å². The number of ether oxygens (including phenoxy) is 1. The van der Waals surface area contributed by atoms with Crippen LogP contribution in [0.2, 0.25) is 0 Å². The van der Waals surface area contributed by atoms with Crippen molar-refractivity contribution in [3.05, 3.63) is 17.5 Å². The Balaban J connectivity index is 2.67. The normalized spacial score (nSPS) is 13.3. The molecule has 0 amide bonds. The van der Waals surface area contributed by atoms with Crippen LogP contribution in [-0.2, 0) is 11.8 Å². The Bertz CT molecular complexity index is 337. The van der Waals surface area contributed by atoms with Gasteiger partial charge in [-0.1, -0.05) is 0 Å². The van der Waals surface area contributed by atoms with Crippen LogP contribution in [0.4, 0.5) is 0 Å². The van der Waals surface area contributed by atoms with Crippen LogP contribution in [0.5, 0.6) is 0 Å². The number of methoxy groups -OCH3 is 1. The fourth-order valence-corrected chi connectivity index (χ4v) is 2.00. The number of aryl methyl sites for hydroxylation is 1. The maximum Gasteiger partial charge on any atom is 0.0540 e. The molecule has 98 valence electrons. The molecule has 0 saturated carbocycles. The fraction of sp³-hybridized carbons (Fsp3) is 0.750. The van der Waals surface area contributed by atoms with E-state index in [0.29, 0.717) is 6.54 Å². The number of hydrogen-bond donors (Lipinski definition) is 1. The third-order valence-electron chi connectivity index (χ3n) is 3.25. The van der Waals surface area contributed by atoms with Gasteiger partial charge in [-0.2, -0.15) is 5.10 Å². The number of nitrogens with zero attached hydrogens (tertiary/aromatic N) is 3. The number of aromatic nitrogens is 2. The summed E-state index contributed by atoms with van der Waals surface area (Å²) in [7, 11) is 5.78. The van der Waals surface area contributed by atoms with Gasteiger partial charge in [-0.25, -0.2) is 0 Å². The molecule has 17 heavy (non-hydrogen) atoms. The Labute approximate surface area is 104 Å². The molecule has 0 aliphatic carbocycles. The van der Waals surface area contributed by atoms with Gasteiger partial charge in [0, 0.05) is 45.1 Å². The molecule has 1 rings (SSSR count). The Kier molecular flexibility index (Phi) is 5.61. The molecule has 1 atom stereocenters. The van der Waals surface area contributed by atoms with Gasteiger partial charge in [0.15, 0.2) is 0 Å². The minimum atomic E-state index is 0.237. The van der Waals surface area contributed by atoms with E-state index in [1.165, 1.54) is 11.3 Å². The molecule has 5 nitrogen and oxygen atoms in total. The van der Waals surface area contributed by atoms with Gasteiger partial charge in [0.25, 0.3) is 0 Å². The van der Waals surface area contributed by atoms with Crippen molar-refractivity contribution < 1.29 is 4.74 Å². The molecule has 0 aromatic carbocycles. The van der Waals surface area contributed by atoms with Crippen LogP contribution in [0.15, 0.2) is 6.20 Å². The summed E-state index contributed by atoms with van der Waals surface area (Å²) >= 11 is 0. The molecule has 0 radical (unpaired) electrons. The molecule has 0 aliphatic heterocycles. The molecule has 1 aromatic rings. The Morgan fingerprint density at radius 3 is 2.76 bits per heavy atom. The lowest BCUT2D eigenvalue weighted by Gasteiger charge is -2.26. The van der Waals surface area contributed by atoms with E-state index in [2.05, 4.69) is 24.0 Å². The van der Waals surface area contributed by atoms with Crippen LogP contribution in [0.3, 0.4) is 0 Å². The van der Waals surface area contributed by atoms with Gasteiger partial charge in [-0.05, 0) is 20.4 Å². The van der Waals surface area contributed by atoms with Crippen LogP contribution in [0.25, 0.3) is 0 Å². The number of rotatable bonds is 7. The van der Waals surface area contributed by atoms with Gasteiger partial charge >= 0.3 is 0 Å². The van der Waals surface area contributed by atoms with Gasteiger partial charge in [-0.15, -0.1) is 0 Å². The molecule has 5 heteroatoms. The summed E-state index contributed by atoms with van der Waals surface area (Å²) < 4.78 is 6.95. The van der Waals surface area contributed by atoms with E-state index < -0.39 is 0 Å². The first kappa shape index (κ1) is 14.2. The first-order valence-electron chi connectivity index (χ1n) is 5.99. The van der Waals surface area contributed by atoms with Gasteiger partial charge in [0.1, 0.15) is 0 Å². The molecular weight excluding hydrogens is 216 g/mol. The predicted octanol–water partition coefficient (Wildman–Crippen LogP) is 0.697. The smallest absolute Gasteiger partial charge is 0.0540 e. The van der Waals surface area contributed by atoms with E-state index in [1.54, 1.807) is 7.11 Å². The van der Waals surface area contributed by atoms with Gasteiger partial charge in [0.05, 0.1) is 12.2 Å². The van der Waals surface area contributed by atoms with Crippen molar-refractivity contribution in [3.8, 4) is 0 Å². The lowest BCUT2D eigenvalue weighted by atomic mass is 10.1. The summed E-state index contributed by atoms with van der Waals surface area (Å²) in [6.45, 7) is 4.45. The zero-order valence-electron chi connectivity index (χ0n) is 11.3. The number of hydrogen-bond acceptors (Lipinski definition) is 4. The molecule has 1 unspecified atom stereocenters. The summed E-state index contributed by atoms with van der Waals surface area (Å²) in [6, 6.07) is 0.237. The maximum atomic E-state index is 5.88. The largest absolute Gasteiger partial charge is 0.385 e. The summed E-state index contributed by atoms with van der Waals surface area (Å²) in [5, 5.41) is 4.27. The Hall–Kier alpha value is -0.910. The van der Waals surface area contributed by atoms with Gasteiger partial charge < -0.3 is 10.5 Å². The van der Waals surface area contributed by atoms with E-state index in [4.69, 9.17) is 10.5 Å². The third kappa shape index (κ3) is 3.52. The second-order valence-electron chi connectivity index (χ2n) is 4.39. The molecule has 1 aromatic heterocycles. The first-order valence-corrected chi connectivity index (χ1v) is 5.99. The van der Waals surface area contributed by atoms with Crippen LogP contribution in [0.1, 0.15) is 23.7 Å². The van der Waals surface area contributed by atoms with E-state index >= 15 is 0 Å². The van der Waals surface area contributed by atoms with Crippen LogP contribution in [0, 0.1) is 6.92 Å². The zero-order valence-corrected chi connectivity index (χ0v) is 11.3. The summed E-state index contributed by atoms with van der Waals surface area (Å²) in [4.78, 5) is 2.27. The molecule has 0 aliphatic rings. The minimum Gasteiger partial charge on any atom is -0.385 e. The molecule has 1 heterocycles. The quantitative estimate of drug-likeness (QED) is 0.713. The molecule has 2 N–H and O–H groups in total. The predicted molar refractivity (Wildman–Crippen MR) is 68.9 cm³/mol. The monoisotopic (exact) mass is 240 g/mol. The van der Waals surface area contributed by atoms with Crippen LogP contribution in [-0.4, -0.2) is 48.5 Å². The highest BCUT2D eigenvalue weighted by Gasteiger charge is 2.19. The lowest BCUT2D eigenvalue weighted by molar-refractivity contribution is 0.166.